The van der Waals surface area contributed by atoms with Crippen LogP contribution in [0, 0.1) is 31.0 Å². The van der Waals surface area contributed by atoms with Crippen molar-refractivity contribution in [2.45, 2.75) is 39.7 Å². The third-order valence-electron chi connectivity index (χ3n) is 4.09. The van der Waals surface area contributed by atoms with E-state index < -0.39 is 11.2 Å². The van der Waals surface area contributed by atoms with Crippen molar-refractivity contribution >= 4 is 5.91 Å². The number of H-pyrrole nitrogens is 1. The van der Waals surface area contributed by atoms with Gasteiger partial charge in [0.25, 0.3) is 0 Å². The van der Waals surface area contributed by atoms with E-state index in [0.29, 0.717) is 12.1 Å². The van der Waals surface area contributed by atoms with Gasteiger partial charge >= 0.3 is 0 Å². The van der Waals surface area contributed by atoms with Crippen LogP contribution >= 0.6 is 0 Å². The molecule has 0 aliphatic heterocycles. The van der Waals surface area contributed by atoms with Crippen molar-refractivity contribution < 1.29 is 9.18 Å². The fraction of sp³-hybridized carbons (Fsp3) is 0.353. The smallest absolute Gasteiger partial charge is 0.230 e. The summed E-state index contributed by atoms with van der Waals surface area (Å²) in [7, 11) is 0. The fourth-order valence-corrected chi connectivity index (χ4v) is 2.24. The van der Waals surface area contributed by atoms with Crippen LogP contribution in [0.15, 0.2) is 18.2 Å². The molecule has 23 heavy (non-hydrogen) atoms. The summed E-state index contributed by atoms with van der Waals surface area (Å²) >= 11 is 0. The lowest BCUT2D eigenvalue weighted by Crippen LogP contribution is -2.40. The summed E-state index contributed by atoms with van der Waals surface area (Å²) in [6.45, 7) is 7.52. The number of nitrogens with zero attached hydrogens (tertiary/aromatic N) is 2. The summed E-state index contributed by atoms with van der Waals surface area (Å²) in [5.41, 5.74) is 2.41. The Hall–Kier alpha value is -2.68. The molecule has 0 atom stereocenters. The highest BCUT2D eigenvalue weighted by Crippen LogP contribution is 2.25. The predicted molar refractivity (Wildman–Crippen MR) is 84.0 cm³/mol. The first-order valence-corrected chi connectivity index (χ1v) is 7.25. The average Bonchev–Trinajstić information content (AvgIpc) is 2.83. The second-order valence-electron chi connectivity index (χ2n) is 6.07. The van der Waals surface area contributed by atoms with Crippen molar-refractivity contribution in [3.8, 4) is 6.07 Å². The molecule has 0 aliphatic carbocycles. The monoisotopic (exact) mass is 314 g/mol. The Labute approximate surface area is 134 Å². The molecule has 120 valence electrons. The molecule has 1 aromatic heterocycles. The molecule has 0 aliphatic rings. The van der Waals surface area contributed by atoms with Gasteiger partial charge < -0.3 is 5.32 Å². The summed E-state index contributed by atoms with van der Waals surface area (Å²) in [6.07, 6.45) is 0. The van der Waals surface area contributed by atoms with Gasteiger partial charge in [0.05, 0.1) is 29.3 Å². The SMILES string of the molecule is Cc1[nH]nc(CNC(=O)C(C)(C)c2cc(F)cc(C#N)c2)c1C. The number of hydrogen-bond acceptors (Lipinski definition) is 3. The second-order valence-corrected chi connectivity index (χ2v) is 6.07. The van der Waals surface area contributed by atoms with Gasteiger partial charge in [0.2, 0.25) is 5.91 Å². The van der Waals surface area contributed by atoms with E-state index in [1.807, 2.05) is 19.9 Å². The highest BCUT2D eigenvalue weighted by atomic mass is 19.1. The molecule has 0 bridgehead atoms. The number of aromatic nitrogens is 2. The molecule has 0 spiro atoms. The van der Waals surface area contributed by atoms with Crippen LogP contribution in [0.5, 0.6) is 0 Å². The van der Waals surface area contributed by atoms with Crippen molar-refractivity contribution in [1.29, 1.82) is 5.26 Å². The van der Waals surface area contributed by atoms with E-state index in [2.05, 4.69) is 15.5 Å². The van der Waals surface area contributed by atoms with Crippen LogP contribution in [-0.2, 0) is 16.8 Å². The highest BCUT2D eigenvalue weighted by Gasteiger charge is 2.30. The number of nitriles is 1. The van der Waals surface area contributed by atoms with Crippen LogP contribution in [-0.4, -0.2) is 16.1 Å². The van der Waals surface area contributed by atoms with Gasteiger partial charge in [-0.15, -0.1) is 0 Å². The molecule has 1 aromatic carbocycles. The Balaban J connectivity index is 2.19. The molecule has 1 amide bonds. The Bertz CT molecular complexity index is 786. The van der Waals surface area contributed by atoms with Crippen molar-refractivity contribution in [3.63, 3.8) is 0 Å². The van der Waals surface area contributed by atoms with Crippen LogP contribution in [0.3, 0.4) is 0 Å². The van der Waals surface area contributed by atoms with Gasteiger partial charge in [-0.3, -0.25) is 9.89 Å². The van der Waals surface area contributed by atoms with E-state index in [1.165, 1.54) is 12.1 Å². The lowest BCUT2D eigenvalue weighted by molar-refractivity contribution is -0.125. The predicted octanol–water partition coefficient (Wildman–Crippen LogP) is 2.63. The van der Waals surface area contributed by atoms with Crippen molar-refractivity contribution in [3.05, 3.63) is 52.1 Å². The first-order valence-electron chi connectivity index (χ1n) is 7.25. The number of benzene rings is 1. The van der Waals surface area contributed by atoms with Crippen molar-refractivity contribution in [1.82, 2.24) is 15.5 Å². The number of rotatable bonds is 4. The minimum atomic E-state index is -0.965. The van der Waals surface area contributed by atoms with E-state index in [-0.39, 0.29) is 11.5 Å². The quantitative estimate of drug-likeness (QED) is 0.910. The summed E-state index contributed by atoms with van der Waals surface area (Å²) < 4.78 is 13.6. The minimum absolute atomic E-state index is 0.194. The van der Waals surface area contributed by atoms with Crippen LogP contribution < -0.4 is 5.32 Å². The number of hydrogen-bond donors (Lipinski definition) is 2. The second kappa shape index (κ2) is 6.21. The average molecular weight is 314 g/mol. The van der Waals surface area contributed by atoms with E-state index in [4.69, 9.17) is 5.26 Å². The standard InChI is InChI=1S/C17H19FN4O/c1-10-11(2)21-22-15(10)9-20-16(23)17(3,4)13-5-12(8-19)6-14(18)7-13/h5-7H,9H2,1-4H3,(H,20,23)(H,21,22). The third kappa shape index (κ3) is 3.39. The van der Waals surface area contributed by atoms with E-state index in [1.54, 1.807) is 13.8 Å². The zero-order valence-electron chi connectivity index (χ0n) is 13.6. The number of carbonyl (C=O) groups is 1. The minimum Gasteiger partial charge on any atom is -0.350 e. The van der Waals surface area contributed by atoms with Gasteiger partial charge in [-0.05, 0) is 57.0 Å². The largest absolute Gasteiger partial charge is 0.350 e. The first kappa shape index (κ1) is 16.7. The summed E-state index contributed by atoms with van der Waals surface area (Å²) in [5, 5.41) is 18.8. The van der Waals surface area contributed by atoms with E-state index in [9.17, 15) is 9.18 Å². The molecule has 2 aromatic rings. The lowest BCUT2D eigenvalue weighted by atomic mass is 9.83. The topological polar surface area (TPSA) is 81.6 Å². The molecule has 0 saturated heterocycles. The van der Waals surface area contributed by atoms with Gasteiger partial charge in [-0.1, -0.05) is 0 Å². The fourth-order valence-electron chi connectivity index (χ4n) is 2.24. The van der Waals surface area contributed by atoms with Gasteiger partial charge in [0, 0.05) is 5.69 Å². The van der Waals surface area contributed by atoms with E-state index >= 15 is 0 Å². The molecule has 0 fully saturated rings. The number of halogens is 1. The number of nitrogens with one attached hydrogen (secondary N) is 2. The van der Waals surface area contributed by atoms with Crippen molar-refractivity contribution in [2.24, 2.45) is 0 Å². The number of carbonyl (C=O) groups excluding carboxylic acids is 1. The molecular weight excluding hydrogens is 295 g/mol. The molecule has 1 heterocycles. The Morgan fingerprint density at radius 1 is 1.39 bits per heavy atom. The number of aryl methyl sites for hydroxylation is 1. The highest BCUT2D eigenvalue weighted by molar-refractivity contribution is 5.87. The third-order valence-corrected chi connectivity index (χ3v) is 4.09. The van der Waals surface area contributed by atoms with Crippen molar-refractivity contribution in [2.75, 3.05) is 0 Å². The van der Waals surface area contributed by atoms with Crippen LogP contribution in [0.1, 0.15) is 41.9 Å². The Kier molecular flexibility index (Phi) is 4.50. The van der Waals surface area contributed by atoms with Crippen LogP contribution in [0.2, 0.25) is 0 Å². The van der Waals surface area contributed by atoms with Gasteiger partial charge in [0.15, 0.2) is 0 Å². The summed E-state index contributed by atoms with van der Waals surface area (Å²) in [6, 6.07) is 5.86. The van der Waals surface area contributed by atoms with Crippen LogP contribution in [0.4, 0.5) is 4.39 Å². The number of amides is 1. The molecule has 2 rings (SSSR count). The molecule has 5 nitrogen and oxygen atoms in total. The maximum atomic E-state index is 13.6. The Morgan fingerprint density at radius 2 is 2.09 bits per heavy atom. The summed E-state index contributed by atoms with van der Waals surface area (Å²) in [4.78, 5) is 12.5. The maximum Gasteiger partial charge on any atom is 0.230 e. The molecule has 0 radical (unpaired) electrons. The summed E-state index contributed by atoms with van der Waals surface area (Å²) in [5.74, 6) is -0.786. The molecule has 0 unspecified atom stereocenters. The Morgan fingerprint density at radius 3 is 2.65 bits per heavy atom. The maximum absolute atomic E-state index is 13.6. The van der Waals surface area contributed by atoms with Gasteiger partial charge in [-0.25, -0.2) is 4.39 Å². The van der Waals surface area contributed by atoms with Crippen LogP contribution in [0.25, 0.3) is 0 Å². The zero-order chi connectivity index (χ0) is 17.2. The lowest BCUT2D eigenvalue weighted by Gasteiger charge is -2.24. The molecule has 6 heteroatoms. The van der Waals surface area contributed by atoms with Gasteiger partial charge in [-0.2, -0.15) is 10.4 Å². The van der Waals surface area contributed by atoms with Gasteiger partial charge in [0.1, 0.15) is 5.82 Å². The normalized spacial score (nSPS) is 11.1. The zero-order valence-corrected chi connectivity index (χ0v) is 13.6. The first-order chi connectivity index (χ1) is 10.8. The van der Waals surface area contributed by atoms with E-state index in [0.717, 1.165) is 23.0 Å². The molecule has 0 saturated carbocycles. The number of aromatic amines is 1. The molecular formula is C17H19FN4O. The molecule has 2 N–H and O–H groups in total.